The summed E-state index contributed by atoms with van der Waals surface area (Å²) in [6, 6.07) is 3.89. The van der Waals surface area contributed by atoms with Gasteiger partial charge in [-0.3, -0.25) is 0 Å². The van der Waals surface area contributed by atoms with E-state index in [2.05, 4.69) is 40.4 Å². The lowest BCUT2D eigenvalue weighted by Gasteiger charge is -2.36. The van der Waals surface area contributed by atoms with Gasteiger partial charge >= 0.3 is 0 Å². The molecule has 124 valence electrons. The summed E-state index contributed by atoms with van der Waals surface area (Å²) in [7, 11) is 1.82. The summed E-state index contributed by atoms with van der Waals surface area (Å²) in [6.07, 6.45) is 3.10. The van der Waals surface area contributed by atoms with Gasteiger partial charge in [0.1, 0.15) is 24.2 Å². The van der Waals surface area contributed by atoms with Gasteiger partial charge < -0.3 is 15.1 Å². The fourth-order valence-corrected chi connectivity index (χ4v) is 3.07. The summed E-state index contributed by atoms with van der Waals surface area (Å²) in [4.78, 5) is 12.8. The van der Waals surface area contributed by atoms with Crippen LogP contribution >= 0.6 is 11.6 Å². The molecule has 0 amide bonds. The minimum atomic E-state index is 0.435. The van der Waals surface area contributed by atoms with Gasteiger partial charge in [-0.05, 0) is 12.1 Å². The number of nitrogens with one attached hydrogen (secondary N) is 1. The van der Waals surface area contributed by atoms with Gasteiger partial charge in [-0.25, -0.2) is 9.97 Å². The number of nitrogens with zero attached hydrogens (tertiary/aromatic N) is 8. The monoisotopic (exact) mass is 345 g/mol. The van der Waals surface area contributed by atoms with Gasteiger partial charge in [0.2, 0.25) is 0 Å². The van der Waals surface area contributed by atoms with Crippen molar-refractivity contribution in [3.8, 4) is 0 Å². The molecular formula is C14H16ClN9. The van der Waals surface area contributed by atoms with Gasteiger partial charge in [-0.15, -0.1) is 15.3 Å². The number of hydrogen-bond acceptors (Lipinski definition) is 8. The first-order chi connectivity index (χ1) is 11.8. The molecule has 3 aromatic heterocycles. The van der Waals surface area contributed by atoms with Crippen molar-refractivity contribution in [2.24, 2.45) is 0 Å². The highest BCUT2D eigenvalue weighted by Crippen LogP contribution is 2.29. The second kappa shape index (κ2) is 6.08. The predicted octanol–water partition coefficient (Wildman–Crippen LogP) is 0.936. The Labute approximate surface area is 143 Å². The van der Waals surface area contributed by atoms with E-state index in [0.717, 1.165) is 49.1 Å². The van der Waals surface area contributed by atoms with Crippen molar-refractivity contribution in [1.82, 2.24) is 29.8 Å². The van der Waals surface area contributed by atoms with E-state index in [9.17, 15) is 0 Å². The maximum Gasteiger partial charge on any atom is 0.177 e. The highest BCUT2D eigenvalue weighted by atomic mass is 35.5. The van der Waals surface area contributed by atoms with E-state index in [4.69, 9.17) is 11.6 Å². The first-order valence-electron chi connectivity index (χ1n) is 7.61. The topological polar surface area (TPSA) is 87.4 Å². The van der Waals surface area contributed by atoms with Crippen molar-refractivity contribution < 1.29 is 0 Å². The summed E-state index contributed by atoms with van der Waals surface area (Å²) in [5.41, 5.74) is 1.50. The van der Waals surface area contributed by atoms with Crippen LogP contribution in [-0.4, -0.2) is 63.0 Å². The van der Waals surface area contributed by atoms with E-state index < -0.39 is 0 Å². The molecule has 1 N–H and O–H groups in total. The van der Waals surface area contributed by atoms with Crippen LogP contribution in [0.2, 0.25) is 5.15 Å². The summed E-state index contributed by atoms with van der Waals surface area (Å²) >= 11 is 6.14. The molecule has 0 bridgehead atoms. The lowest BCUT2D eigenvalue weighted by molar-refractivity contribution is 0.636. The summed E-state index contributed by atoms with van der Waals surface area (Å²) in [5, 5.41) is 15.9. The van der Waals surface area contributed by atoms with Crippen molar-refractivity contribution in [3.63, 3.8) is 0 Å². The lowest BCUT2D eigenvalue weighted by Crippen LogP contribution is -2.47. The molecule has 3 aromatic rings. The molecule has 1 aliphatic rings. The number of aromatic nitrogens is 6. The third kappa shape index (κ3) is 2.56. The standard InChI is InChI=1S/C14H16ClN9/c1-16-12-13(15)17-8-18-14(12)23-6-4-22(5-7-23)11-3-2-10-20-19-9-24(10)21-11/h2-3,8-9,16H,4-7H2,1H3. The van der Waals surface area contributed by atoms with Crippen molar-refractivity contribution in [1.29, 1.82) is 0 Å². The number of piperazine rings is 1. The third-order valence-electron chi connectivity index (χ3n) is 4.08. The molecule has 1 saturated heterocycles. The van der Waals surface area contributed by atoms with E-state index >= 15 is 0 Å². The average Bonchev–Trinajstić information content (AvgIpc) is 3.09. The number of rotatable bonds is 3. The van der Waals surface area contributed by atoms with Gasteiger partial charge in [-0.1, -0.05) is 11.6 Å². The van der Waals surface area contributed by atoms with Crippen molar-refractivity contribution in [2.45, 2.75) is 0 Å². The van der Waals surface area contributed by atoms with Crippen LogP contribution in [-0.2, 0) is 0 Å². The van der Waals surface area contributed by atoms with Crippen molar-refractivity contribution in [2.75, 3.05) is 48.3 Å². The highest BCUT2D eigenvalue weighted by Gasteiger charge is 2.22. The Kier molecular flexibility index (Phi) is 3.77. The third-order valence-corrected chi connectivity index (χ3v) is 4.37. The molecule has 24 heavy (non-hydrogen) atoms. The minimum Gasteiger partial charge on any atom is -0.383 e. The molecule has 0 aliphatic carbocycles. The smallest absolute Gasteiger partial charge is 0.177 e. The van der Waals surface area contributed by atoms with Gasteiger partial charge in [0.15, 0.2) is 16.6 Å². The Bertz CT molecular complexity index is 856. The quantitative estimate of drug-likeness (QED) is 0.702. The molecule has 9 nitrogen and oxygen atoms in total. The lowest BCUT2D eigenvalue weighted by atomic mass is 10.3. The number of anilines is 3. The Morgan fingerprint density at radius 1 is 1.08 bits per heavy atom. The van der Waals surface area contributed by atoms with Crippen LogP contribution in [0.5, 0.6) is 0 Å². The normalized spacial score (nSPS) is 15.1. The van der Waals surface area contributed by atoms with Gasteiger partial charge in [0.25, 0.3) is 0 Å². The van der Waals surface area contributed by atoms with Crippen LogP contribution in [0.4, 0.5) is 17.3 Å². The number of fused-ring (bicyclic) bond motifs is 1. The Balaban J connectivity index is 1.51. The van der Waals surface area contributed by atoms with E-state index in [1.54, 1.807) is 10.8 Å². The largest absolute Gasteiger partial charge is 0.383 e. The molecule has 0 unspecified atom stereocenters. The molecule has 1 aliphatic heterocycles. The SMILES string of the molecule is CNc1c(Cl)ncnc1N1CCN(c2ccc3nncn3n2)CC1. The second-order valence-corrected chi connectivity index (χ2v) is 5.77. The van der Waals surface area contributed by atoms with E-state index in [-0.39, 0.29) is 0 Å². The summed E-state index contributed by atoms with van der Waals surface area (Å²) in [5.74, 6) is 1.75. The van der Waals surface area contributed by atoms with Gasteiger partial charge in [-0.2, -0.15) is 4.52 Å². The van der Waals surface area contributed by atoms with E-state index in [0.29, 0.717) is 5.15 Å². The number of hydrogen-bond donors (Lipinski definition) is 1. The van der Waals surface area contributed by atoms with Crippen LogP contribution in [0.1, 0.15) is 0 Å². The molecule has 1 fully saturated rings. The Hall–Kier alpha value is -2.68. The fraction of sp³-hybridized carbons (Fsp3) is 0.357. The minimum absolute atomic E-state index is 0.435. The van der Waals surface area contributed by atoms with Crippen LogP contribution in [0, 0.1) is 0 Å². The average molecular weight is 346 g/mol. The van der Waals surface area contributed by atoms with Gasteiger partial charge in [0, 0.05) is 33.2 Å². The fourth-order valence-electron chi connectivity index (χ4n) is 2.84. The molecule has 4 heterocycles. The van der Waals surface area contributed by atoms with Crippen LogP contribution < -0.4 is 15.1 Å². The molecular weight excluding hydrogens is 330 g/mol. The summed E-state index contributed by atoms with van der Waals surface area (Å²) < 4.78 is 1.69. The molecule has 0 spiro atoms. The zero-order valence-corrected chi connectivity index (χ0v) is 13.8. The molecule has 0 atom stereocenters. The maximum absolute atomic E-state index is 6.14. The van der Waals surface area contributed by atoms with Crippen LogP contribution in [0.15, 0.2) is 24.8 Å². The van der Waals surface area contributed by atoms with Crippen LogP contribution in [0.3, 0.4) is 0 Å². The van der Waals surface area contributed by atoms with Crippen molar-refractivity contribution >= 4 is 34.6 Å². The van der Waals surface area contributed by atoms with Crippen molar-refractivity contribution in [3.05, 3.63) is 29.9 Å². The number of halogens is 1. The second-order valence-electron chi connectivity index (χ2n) is 5.41. The maximum atomic E-state index is 6.14. The van der Waals surface area contributed by atoms with E-state index in [1.165, 1.54) is 6.33 Å². The predicted molar refractivity (Wildman–Crippen MR) is 91.8 cm³/mol. The first-order valence-corrected chi connectivity index (χ1v) is 7.99. The molecule has 10 heteroatoms. The zero-order chi connectivity index (χ0) is 16.5. The zero-order valence-electron chi connectivity index (χ0n) is 13.1. The van der Waals surface area contributed by atoms with Gasteiger partial charge in [0.05, 0.1) is 0 Å². The highest BCUT2D eigenvalue weighted by molar-refractivity contribution is 6.32. The van der Waals surface area contributed by atoms with Crippen LogP contribution in [0.25, 0.3) is 5.65 Å². The molecule has 0 aromatic carbocycles. The molecule has 0 radical (unpaired) electrons. The first kappa shape index (κ1) is 14.9. The summed E-state index contributed by atoms with van der Waals surface area (Å²) in [6.45, 7) is 3.32. The molecule has 0 saturated carbocycles. The Morgan fingerprint density at radius 3 is 2.67 bits per heavy atom. The molecule has 4 rings (SSSR count). The Morgan fingerprint density at radius 2 is 1.88 bits per heavy atom. The van der Waals surface area contributed by atoms with E-state index in [1.807, 2.05) is 19.2 Å².